The third kappa shape index (κ3) is 9.06. The van der Waals surface area contributed by atoms with Crippen molar-refractivity contribution in [1.29, 1.82) is 0 Å². The van der Waals surface area contributed by atoms with E-state index in [0.29, 0.717) is 30.3 Å². The Balaban J connectivity index is 1.25. The van der Waals surface area contributed by atoms with Crippen LogP contribution in [0.2, 0.25) is 0 Å². The number of hydrogen-bond acceptors (Lipinski definition) is 9. The molecule has 0 radical (unpaired) electrons. The third-order valence-corrected chi connectivity index (χ3v) is 7.35. The number of ether oxygens (including phenoxy) is 5. The molecule has 0 spiro atoms. The predicted octanol–water partition coefficient (Wildman–Crippen LogP) is 6.18. The Hall–Kier alpha value is -4.89. The quantitative estimate of drug-likeness (QED) is 0.0824. The summed E-state index contributed by atoms with van der Waals surface area (Å²) in [6, 6.07) is 18.3. The fraction of sp³-hybridized carbons (Fsp3) is 0.306. The molecule has 9 heteroatoms. The van der Waals surface area contributed by atoms with Crippen molar-refractivity contribution in [1.82, 2.24) is 0 Å². The molecule has 9 nitrogen and oxygen atoms in total. The fourth-order valence-corrected chi connectivity index (χ4v) is 4.90. The van der Waals surface area contributed by atoms with Crippen LogP contribution in [-0.4, -0.2) is 56.0 Å². The molecule has 45 heavy (non-hydrogen) atoms. The number of fused-ring (bicyclic) bond motifs is 3. The van der Waals surface area contributed by atoms with Gasteiger partial charge in [-0.15, -0.1) is 0 Å². The Morgan fingerprint density at radius 1 is 0.756 bits per heavy atom. The molecule has 0 aliphatic heterocycles. The predicted molar refractivity (Wildman–Crippen MR) is 169 cm³/mol. The molecule has 1 unspecified atom stereocenters. The summed E-state index contributed by atoms with van der Waals surface area (Å²) in [5.74, 6) is 0.258. The van der Waals surface area contributed by atoms with Crippen molar-refractivity contribution in [3.63, 3.8) is 0 Å². The number of unbranched alkanes of at least 4 members (excludes halogenated alkanes) is 3. The molecule has 0 heterocycles. The molecule has 1 atom stereocenters. The van der Waals surface area contributed by atoms with Crippen LogP contribution < -0.4 is 14.2 Å². The van der Waals surface area contributed by atoms with Gasteiger partial charge in [0.05, 0.1) is 31.0 Å². The molecule has 1 aliphatic rings. The van der Waals surface area contributed by atoms with E-state index in [0.717, 1.165) is 53.7 Å². The van der Waals surface area contributed by atoms with Crippen LogP contribution in [0.1, 0.15) is 60.0 Å². The lowest BCUT2D eigenvalue weighted by Gasteiger charge is -2.11. The standard InChI is InChI=1S/C36H38O9/c1-4-34(38)43-18-8-6-5-7-17-41-29-14-16-31-30-15-9-26(21-32(30)25(3)33(31)22-29)36(40)45-28-12-10-27(11-13-28)42-19-20-44-35(39)24(2)23-37/h4,9-16,21-22,25,37H,1-2,5-8,17-20,23H2,3H3. The summed E-state index contributed by atoms with van der Waals surface area (Å²) >= 11 is 0. The SMILES string of the molecule is C=CC(=O)OCCCCCCOc1ccc2c(c1)C(C)c1cc(C(=O)Oc3ccc(OCCOC(=O)C(=C)CO)cc3)ccc1-2. The lowest BCUT2D eigenvalue weighted by Crippen LogP contribution is -2.15. The Morgan fingerprint density at radius 3 is 2.09 bits per heavy atom. The molecule has 0 saturated carbocycles. The monoisotopic (exact) mass is 614 g/mol. The molecule has 3 aromatic carbocycles. The number of rotatable bonds is 17. The van der Waals surface area contributed by atoms with E-state index in [4.69, 9.17) is 28.8 Å². The minimum Gasteiger partial charge on any atom is -0.494 e. The van der Waals surface area contributed by atoms with Crippen LogP contribution in [0, 0.1) is 0 Å². The van der Waals surface area contributed by atoms with Gasteiger partial charge in [0.25, 0.3) is 0 Å². The van der Waals surface area contributed by atoms with E-state index in [2.05, 4.69) is 32.2 Å². The van der Waals surface area contributed by atoms with Gasteiger partial charge >= 0.3 is 17.9 Å². The molecule has 4 rings (SSSR count). The van der Waals surface area contributed by atoms with E-state index >= 15 is 0 Å². The van der Waals surface area contributed by atoms with Gasteiger partial charge in [-0.1, -0.05) is 32.2 Å². The molecular weight excluding hydrogens is 576 g/mol. The summed E-state index contributed by atoms with van der Waals surface area (Å²) in [5, 5.41) is 8.89. The largest absolute Gasteiger partial charge is 0.494 e. The molecule has 1 aliphatic carbocycles. The van der Waals surface area contributed by atoms with Crippen molar-refractivity contribution in [2.75, 3.05) is 33.0 Å². The highest BCUT2D eigenvalue weighted by atomic mass is 16.6. The van der Waals surface area contributed by atoms with Gasteiger partial charge < -0.3 is 28.8 Å². The highest BCUT2D eigenvalue weighted by molar-refractivity contribution is 5.93. The number of aliphatic hydroxyl groups is 1. The van der Waals surface area contributed by atoms with Crippen molar-refractivity contribution >= 4 is 17.9 Å². The van der Waals surface area contributed by atoms with Gasteiger partial charge in [0.2, 0.25) is 0 Å². The van der Waals surface area contributed by atoms with Crippen LogP contribution in [-0.2, 0) is 19.1 Å². The minimum atomic E-state index is -0.673. The maximum absolute atomic E-state index is 13.0. The van der Waals surface area contributed by atoms with Crippen molar-refractivity contribution in [3.8, 4) is 28.4 Å². The number of benzene rings is 3. The van der Waals surface area contributed by atoms with Gasteiger partial charge in [-0.25, -0.2) is 14.4 Å². The van der Waals surface area contributed by atoms with Crippen LogP contribution in [0.25, 0.3) is 11.1 Å². The zero-order chi connectivity index (χ0) is 32.2. The second kappa shape index (κ2) is 16.3. The molecule has 236 valence electrons. The van der Waals surface area contributed by atoms with E-state index in [-0.39, 0.29) is 30.7 Å². The Bertz CT molecular complexity index is 1520. The summed E-state index contributed by atoms with van der Waals surface area (Å²) in [6.45, 7) is 9.57. The number of carbonyl (C=O) groups excluding carboxylic acids is 3. The lowest BCUT2D eigenvalue weighted by molar-refractivity contribution is -0.140. The van der Waals surface area contributed by atoms with Gasteiger partial charge in [0, 0.05) is 12.0 Å². The summed E-state index contributed by atoms with van der Waals surface area (Å²) in [7, 11) is 0. The van der Waals surface area contributed by atoms with E-state index < -0.39 is 18.5 Å². The van der Waals surface area contributed by atoms with E-state index in [9.17, 15) is 14.4 Å². The van der Waals surface area contributed by atoms with Crippen LogP contribution in [0.4, 0.5) is 0 Å². The van der Waals surface area contributed by atoms with Crippen molar-refractivity contribution in [2.24, 2.45) is 0 Å². The van der Waals surface area contributed by atoms with Crippen LogP contribution >= 0.6 is 0 Å². The van der Waals surface area contributed by atoms with Gasteiger partial charge in [0.15, 0.2) is 0 Å². The zero-order valence-corrected chi connectivity index (χ0v) is 25.4. The van der Waals surface area contributed by atoms with Crippen molar-refractivity contribution in [3.05, 3.63) is 102 Å². The summed E-state index contributed by atoms with van der Waals surface area (Å²) in [5.41, 5.74) is 4.86. The molecule has 3 aromatic rings. The first-order chi connectivity index (χ1) is 21.8. The van der Waals surface area contributed by atoms with Gasteiger partial charge in [-0.05, 0) is 96.5 Å². The van der Waals surface area contributed by atoms with Crippen LogP contribution in [0.15, 0.2) is 85.5 Å². The zero-order valence-electron chi connectivity index (χ0n) is 25.4. The Kier molecular flexibility index (Phi) is 11.9. The van der Waals surface area contributed by atoms with Gasteiger partial charge in [0.1, 0.15) is 30.5 Å². The Morgan fingerprint density at radius 2 is 1.38 bits per heavy atom. The normalized spacial score (nSPS) is 12.8. The Labute approximate surface area is 263 Å². The van der Waals surface area contributed by atoms with Gasteiger partial charge in [-0.3, -0.25) is 0 Å². The fourth-order valence-electron chi connectivity index (χ4n) is 4.90. The highest BCUT2D eigenvalue weighted by Crippen LogP contribution is 2.46. The molecule has 0 saturated heterocycles. The first-order valence-electron chi connectivity index (χ1n) is 14.9. The maximum atomic E-state index is 13.0. The average Bonchev–Trinajstić information content (AvgIpc) is 3.34. The smallest absolute Gasteiger partial charge is 0.343 e. The van der Waals surface area contributed by atoms with E-state index in [1.165, 1.54) is 6.08 Å². The van der Waals surface area contributed by atoms with Crippen molar-refractivity contribution < 1.29 is 43.2 Å². The number of hydrogen-bond donors (Lipinski definition) is 1. The second-order valence-electron chi connectivity index (χ2n) is 10.5. The first kappa shape index (κ1) is 33.0. The lowest BCUT2D eigenvalue weighted by atomic mass is 9.98. The topological polar surface area (TPSA) is 118 Å². The van der Waals surface area contributed by atoms with Crippen molar-refractivity contribution in [2.45, 2.75) is 38.5 Å². The van der Waals surface area contributed by atoms with Crippen LogP contribution in [0.5, 0.6) is 17.2 Å². The maximum Gasteiger partial charge on any atom is 0.343 e. The summed E-state index contributed by atoms with van der Waals surface area (Å²) in [4.78, 5) is 35.5. The average molecular weight is 615 g/mol. The highest BCUT2D eigenvalue weighted by Gasteiger charge is 2.27. The molecule has 0 fully saturated rings. The molecular formula is C36H38O9. The second-order valence-corrected chi connectivity index (χ2v) is 10.5. The third-order valence-electron chi connectivity index (χ3n) is 7.35. The van der Waals surface area contributed by atoms with Crippen LogP contribution in [0.3, 0.4) is 0 Å². The molecule has 0 aromatic heterocycles. The van der Waals surface area contributed by atoms with E-state index in [1.807, 2.05) is 18.2 Å². The number of carbonyl (C=O) groups is 3. The first-order valence-corrected chi connectivity index (χ1v) is 14.9. The van der Waals surface area contributed by atoms with Gasteiger partial charge in [-0.2, -0.15) is 0 Å². The molecule has 0 amide bonds. The number of aliphatic hydroxyl groups excluding tert-OH is 1. The molecule has 1 N–H and O–H groups in total. The van der Waals surface area contributed by atoms with E-state index in [1.54, 1.807) is 30.3 Å². The summed E-state index contributed by atoms with van der Waals surface area (Å²) < 4.78 is 27.1. The molecule has 0 bridgehead atoms. The number of esters is 3. The minimum absolute atomic E-state index is 0.00274. The summed E-state index contributed by atoms with van der Waals surface area (Å²) in [6.07, 6.45) is 4.84.